The summed E-state index contributed by atoms with van der Waals surface area (Å²) in [6.45, 7) is 1.94. The lowest BCUT2D eigenvalue weighted by atomic mass is 10.2. The fourth-order valence-corrected chi connectivity index (χ4v) is 3.97. The number of ether oxygens (including phenoxy) is 1. The van der Waals surface area contributed by atoms with Crippen LogP contribution in [0, 0.1) is 6.92 Å². The van der Waals surface area contributed by atoms with Gasteiger partial charge >= 0.3 is 12.2 Å². The molecule has 0 saturated heterocycles. The number of fused-ring (bicyclic) bond motifs is 1. The number of anilines is 2. The van der Waals surface area contributed by atoms with Gasteiger partial charge in [0.05, 0.1) is 25.8 Å². The third-order valence-corrected chi connectivity index (χ3v) is 5.62. The number of hydrogen-bond donors (Lipinski definition) is 2. The van der Waals surface area contributed by atoms with Gasteiger partial charge in [-0.05, 0) is 61.5 Å². The summed E-state index contributed by atoms with van der Waals surface area (Å²) in [6.07, 6.45) is -4.62. The predicted octanol–water partition coefficient (Wildman–Crippen LogP) is 7.71. The fourth-order valence-electron chi connectivity index (χ4n) is 2.94. The summed E-state index contributed by atoms with van der Waals surface area (Å²) in [4.78, 5) is 16.6. The van der Waals surface area contributed by atoms with Gasteiger partial charge in [-0.1, -0.05) is 11.6 Å². The Balaban J connectivity index is 1.39. The van der Waals surface area contributed by atoms with Gasteiger partial charge in [0.25, 0.3) is 0 Å². The zero-order chi connectivity index (χ0) is 22.9. The van der Waals surface area contributed by atoms with Gasteiger partial charge in [-0.2, -0.15) is 13.2 Å². The Morgan fingerprint density at radius 3 is 2.34 bits per heavy atom. The van der Waals surface area contributed by atoms with Crippen LogP contribution in [-0.4, -0.2) is 11.0 Å². The molecule has 2 amide bonds. The normalized spacial score (nSPS) is 11.4. The van der Waals surface area contributed by atoms with Gasteiger partial charge < -0.3 is 15.4 Å². The van der Waals surface area contributed by atoms with E-state index in [2.05, 4.69) is 15.6 Å². The van der Waals surface area contributed by atoms with Crippen LogP contribution in [0.5, 0.6) is 11.5 Å². The molecule has 2 N–H and O–H groups in total. The highest BCUT2D eigenvalue weighted by Crippen LogP contribution is 2.36. The summed E-state index contributed by atoms with van der Waals surface area (Å²) in [5.74, 6) is 1.18. The smallest absolute Gasteiger partial charge is 0.417 e. The van der Waals surface area contributed by atoms with Crippen LogP contribution in [0.4, 0.5) is 29.3 Å². The molecule has 0 fully saturated rings. The molecule has 4 aromatic rings. The van der Waals surface area contributed by atoms with Crippen LogP contribution >= 0.6 is 22.9 Å². The molecule has 1 aromatic heterocycles. The second kappa shape index (κ2) is 8.68. The highest BCUT2D eigenvalue weighted by atomic mass is 35.5. The van der Waals surface area contributed by atoms with E-state index in [1.165, 1.54) is 6.07 Å². The number of hydrogen-bond acceptors (Lipinski definition) is 4. The average molecular weight is 478 g/mol. The molecule has 0 aliphatic rings. The molecule has 0 spiro atoms. The highest BCUT2D eigenvalue weighted by molar-refractivity contribution is 7.18. The van der Waals surface area contributed by atoms with Crippen molar-refractivity contribution in [3.8, 4) is 11.5 Å². The van der Waals surface area contributed by atoms with E-state index in [-0.39, 0.29) is 5.69 Å². The maximum absolute atomic E-state index is 13.0. The Morgan fingerprint density at radius 2 is 1.62 bits per heavy atom. The number of aryl methyl sites for hydroxylation is 1. The van der Waals surface area contributed by atoms with Crippen LogP contribution < -0.4 is 15.4 Å². The van der Waals surface area contributed by atoms with Crippen molar-refractivity contribution in [2.45, 2.75) is 13.1 Å². The fraction of sp³-hybridized carbons (Fsp3) is 0.0909. The van der Waals surface area contributed by atoms with Crippen LogP contribution in [-0.2, 0) is 6.18 Å². The number of carbonyl (C=O) groups is 1. The number of nitrogens with zero attached hydrogens (tertiary/aromatic N) is 1. The van der Waals surface area contributed by atoms with Gasteiger partial charge in [-0.25, -0.2) is 9.78 Å². The van der Waals surface area contributed by atoms with Crippen LogP contribution in [0.15, 0.2) is 60.7 Å². The maximum Gasteiger partial charge on any atom is 0.417 e. The minimum Gasteiger partial charge on any atom is -0.457 e. The van der Waals surface area contributed by atoms with E-state index in [1.54, 1.807) is 35.6 Å². The lowest BCUT2D eigenvalue weighted by Crippen LogP contribution is -2.19. The zero-order valence-corrected chi connectivity index (χ0v) is 18.0. The zero-order valence-electron chi connectivity index (χ0n) is 16.5. The minimum absolute atomic E-state index is 0.0353. The van der Waals surface area contributed by atoms with Crippen molar-refractivity contribution in [3.05, 3.63) is 76.3 Å². The molecule has 1 heterocycles. The first-order valence-electron chi connectivity index (χ1n) is 9.27. The summed E-state index contributed by atoms with van der Waals surface area (Å²) in [7, 11) is 0. The number of nitrogens with one attached hydrogen (secondary N) is 2. The molecule has 0 radical (unpaired) electrons. The molecule has 0 aliphatic carbocycles. The SMILES string of the molecule is Cc1nc2cc(Oc3ccc(NC(=O)Nc4ccc(Cl)c(C(F)(F)F)c4)cc3)ccc2s1. The molecular formula is C22H15ClF3N3O2S. The third kappa shape index (κ3) is 5.12. The number of urea groups is 1. The van der Waals surface area contributed by atoms with Crippen LogP contribution in [0.1, 0.15) is 10.6 Å². The summed E-state index contributed by atoms with van der Waals surface area (Å²) < 4.78 is 45.8. The Labute approximate surface area is 189 Å². The minimum atomic E-state index is -4.62. The molecule has 5 nitrogen and oxygen atoms in total. The van der Waals surface area contributed by atoms with Crippen molar-refractivity contribution in [2.24, 2.45) is 0 Å². The summed E-state index contributed by atoms with van der Waals surface area (Å²) in [5, 5.41) is 5.44. The molecule has 164 valence electrons. The molecule has 32 heavy (non-hydrogen) atoms. The average Bonchev–Trinajstić information content (AvgIpc) is 3.09. The molecule has 10 heteroatoms. The van der Waals surface area contributed by atoms with Gasteiger partial charge in [-0.3, -0.25) is 0 Å². The highest BCUT2D eigenvalue weighted by Gasteiger charge is 2.33. The number of benzene rings is 3. The largest absolute Gasteiger partial charge is 0.457 e. The Kier molecular flexibility index (Phi) is 5.94. The maximum atomic E-state index is 13.0. The van der Waals surface area contributed by atoms with Gasteiger partial charge in [0.15, 0.2) is 0 Å². The lowest BCUT2D eigenvalue weighted by molar-refractivity contribution is -0.137. The molecule has 0 saturated carbocycles. The van der Waals surface area contributed by atoms with Gasteiger partial charge in [-0.15, -0.1) is 11.3 Å². The monoisotopic (exact) mass is 477 g/mol. The van der Waals surface area contributed by atoms with E-state index >= 15 is 0 Å². The molecular weight excluding hydrogens is 463 g/mol. The number of thiazole rings is 1. The Hall–Kier alpha value is -3.30. The number of halogens is 4. The Morgan fingerprint density at radius 1 is 0.969 bits per heavy atom. The van der Waals surface area contributed by atoms with E-state index < -0.39 is 22.8 Å². The van der Waals surface area contributed by atoms with Crippen LogP contribution in [0.2, 0.25) is 5.02 Å². The van der Waals surface area contributed by atoms with Crippen LogP contribution in [0.25, 0.3) is 10.2 Å². The number of amides is 2. The van der Waals surface area contributed by atoms with E-state index in [0.717, 1.165) is 27.4 Å². The first-order chi connectivity index (χ1) is 15.2. The van der Waals surface area contributed by atoms with Crippen LogP contribution in [0.3, 0.4) is 0 Å². The molecule has 3 aromatic carbocycles. The predicted molar refractivity (Wildman–Crippen MR) is 120 cm³/mol. The van der Waals surface area contributed by atoms with Gasteiger partial charge in [0, 0.05) is 17.4 Å². The van der Waals surface area contributed by atoms with E-state index in [9.17, 15) is 18.0 Å². The standard InChI is InChI=1S/C22H15ClF3N3O2S/c1-12-27-19-11-16(7-9-20(19)32-12)31-15-5-2-13(3-6-15)28-21(30)29-14-4-8-18(23)17(10-14)22(24,25)26/h2-11H,1H3,(H2,28,29,30). The molecule has 4 rings (SSSR count). The first kappa shape index (κ1) is 21.9. The number of carbonyl (C=O) groups excluding carboxylic acids is 1. The van der Waals surface area contributed by atoms with E-state index in [4.69, 9.17) is 16.3 Å². The summed E-state index contributed by atoms with van der Waals surface area (Å²) in [5.41, 5.74) is 0.234. The molecule has 0 atom stereocenters. The lowest BCUT2D eigenvalue weighted by Gasteiger charge is -2.12. The summed E-state index contributed by atoms with van der Waals surface area (Å²) in [6, 6.07) is 14.6. The van der Waals surface area contributed by atoms with Gasteiger partial charge in [0.2, 0.25) is 0 Å². The second-order valence-corrected chi connectivity index (χ2v) is 8.40. The van der Waals surface area contributed by atoms with E-state index in [0.29, 0.717) is 17.2 Å². The van der Waals surface area contributed by atoms with Crippen molar-refractivity contribution in [3.63, 3.8) is 0 Å². The molecule has 0 unspecified atom stereocenters. The Bertz CT molecular complexity index is 1290. The summed E-state index contributed by atoms with van der Waals surface area (Å²) >= 11 is 7.19. The number of aromatic nitrogens is 1. The topological polar surface area (TPSA) is 63.2 Å². The third-order valence-electron chi connectivity index (χ3n) is 4.34. The number of alkyl halides is 3. The quantitative estimate of drug-likeness (QED) is 0.316. The van der Waals surface area contributed by atoms with Crippen molar-refractivity contribution in [2.75, 3.05) is 10.6 Å². The van der Waals surface area contributed by atoms with Crippen molar-refractivity contribution in [1.29, 1.82) is 0 Å². The van der Waals surface area contributed by atoms with Gasteiger partial charge in [0.1, 0.15) is 11.5 Å². The van der Waals surface area contributed by atoms with Crippen molar-refractivity contribution >= 4 is 50.6 Å². The van der Waals surface area contributed by atoms with E-state index in [1.807, 2.05) is 25.1 Å². The van der Waals surface area contributed by atoms with Crippen molar-refractivity contribution in [1.82, 2.24) is 4.98 Å². The number of rotatable bonds is 4. The first-order valence-corrected chi connectivity index (χ1v) is 10.5. The second-order valence-electron chi connectivity index (χ2n) is 6.76. The van der Waals surface area contributed by atoms with Crippen molar-refractivity contribution < 1.29 is 22.7 Å². The molecule has 0 aliphatic heterocycles. The molecule has 0 bridgehead atoms.